The van der Waals surface area contributed by atoms with Crippen molar-refractivity contribution in [3.8, 4) is 18.2 Å². The van der Waals surface area contributed by atoms with E-state index in [0.717, 1.165) is 0 Å². The Morgan fingerprint density at radius 2 is 2.31 bits per heavy atom. The van der Waals surface area contributed by atoms with E-state index in [2.05, 4.69) is 15.9 Å². The molecule has 0 fully saturated rings. The van der Waals surface area contributed by atoms with Gasteiger partial charge >= 0.3 is 0 Å². The molecule has 1 atom stereocenters. The zero-order valence-corrected chi connectivity index (χ0v) is 7.48. The van der Waals surface area contributed by atoms with Crippen molar-refractivity contribution < 1.29 is 9.84 Å². The lowest BCUT2D eigenvalue weighted by atomic mass is 10.0. The Morgan fingerprint density at radius 1 is 1.62 bits per heavy atom. The fourth-order valence-corrected chi connectivity index (χ4v) is 0.791. The second-order valence-electron chi connectivity index (χ2n) is 2.66. The summed E-state index contributed by atoms with van der Waals surface area (Å²) in [5.74, 6) is 2.59. The Bertz CT molecular complexity index is 342. The van der Waals surface area contributed by atoms with E-state index in [-0.39, 0.29) is 0 Å². The Hall–Kier alpha value is -1.60. The Kier molecular flexibility index (Phi) is 2.49. The maximum Gasteiger partial charge on any atom is 0.216 e. The van der Waals surface area contributed by atoms with Crippen LogP contribution < -0.4 is 4.74 Å². The van der Waals surface area contributed by atoms with Crippen molar-refractivity contribution in [1.29, 1.82) is 0 Å². The van der Waals surface area contributed by atoms with Crippen LogP contribution in [0.25, 0.3) is 0 Å². The summed E-state index contributed by atoms with van der Waals surface area (Å²) in [6.07, 6.45) is 6.42. The van der Waals surface area contributed by atoms with Crippen LogP contribution in [0.3, 0.4) is 0 Å². The van der Waals surface area contributed by atoms with Crippen LogP contribution in [0, 0.1) is 12.3 Å². The monoisotopic (exact) mass is 178 g/mol. The number of hydrogen-bond acceptors (Lipinski definition) is 4. The minimum absolute atomic E-state index is 0.349. The van der Waals surface area contributed by atoms with Crippen LogP contribution in [0.5, 0.6) is 5.88 Å². The van der Waals surface area contributed by atoms with Crippen LogP contribution in [0.4, 0.5) is 0 Å². The van der Waals surface area contributed by atoms with Gasteiger partial charge in [0, 0.05) is 6.07 Å². The molecule has 0 aromatic carbocycles. The normalized spacial score (nSPS) is 14.3. The van der Waals surface area contributed by atoms with Crippen molar-refractivity contribution in [3.63, 3.8) is 0 Å². The summed E-state index contributed by atoms with van der Waals surface area (Å²) in [6.45, 7) is 1.48. The minimum atomic E-state index is -1.38. The smallest absolute Gasteiger partial charge is 0.216 e. The first-order valence-electron chi connectivity index (χ1n) is 3.67. The fraction of sp³-hybridized carbons (Fsp3) is 0.333. The molecular weight excluding hydrogens is 168 g/mol. The minimum Gasteiger partial charge on any atom is -0.481 e. The van der Waals surface area contributed by atoms with Crippen molar-refractivity contribution in [3.05, 3.63) is 18.1 Å². The van der Waals surface area contributed by atoms with E-state index in [0.29, 0.717) is 11.6 Å². The Morgan fingerprint density at radius 3 is 2.85 bits per heavy atom. The Balaban J connectivity index is 3.10. The van der Waals surface area contributed by atoms with Gasteiger partial charge in [0.2, 0.25) is 5.88 Å². The van der Waals surface area contributed by atoms with Gasteiger partial charge in [-0.1, -0.05) is 5.92 Å². The molecule has 4 nitrogen and oxygen atoms in total. The number of terminal acetylenes is 1. The van der Waals surface area contributed by atoms with E-state index >= 15 is 0 Å². The summed E-state index contributed by atoms with van der Waals surface area (Å²) in [5, 5.41) is 9.63. The molecule has 0 saturated carbocycles. The standard InChI is InChI=1S/C9H10N2O2/c1-4-9(2,12)7-5-8(13-3)11-6-10-7/h1,5-6,12H,2-3H3/t9-/m1/s1. The van der Waals surface area contributed by atoms with Crippen LogP contribution in [-0.4, -0.2) is 22.2 Å². The van der Waals surface area contributed by atoms with E-state index in [4.69, 9.17) is 11.2 Å². The molecule has 68 valence electrons. The highest BCUT2D eigenvalue weighted by molar-refractivity contribution is 5.25. The van der Waals surface area contributed by atoms with Crippen molar-refractivity contribution >= 4 is 0 Å². The molecule has 4 heteroatoms. The van der Waals surface area contributed by atoms with Crippen LogP contribution in [0.2, 0.25) is 0 Å². The van der Waals surface area contributed by atoms with E-state index in [9.17, 15) is 5.11 Å². The van der Waals surface area contributed by atoms with Gasteiger partial charge in [-0.05, 0) is 6.92 Å². The van der Waals surface area contributed by atoms with E-state index in [1.807, 2.05) is 0 Å². The molecule has 0 bridgehead atoms. The third-order valence-corrected chi connectivity index (χ3v) is 1.63. The number of nitrogens with zero attached hydrogens (tertiary/aromatic N) is 2. The largest absolute Gasteiger partial charge is 0.481 e. The molecule has 0 unspecified atom stereocenters. The van der Waals surface area contributed by atoms with E-state index < -0.39 is 5.60 Å². The van der Waals surface area contributed by atoms with Gasteiger partial charge in [-0.25, -0.2) is 9.97 Å². The molecule has 1 aromatic rings. The maximum atomic E-state index is 9.63. The molecular formula is C9H10N2O2. The lowest BCUT2D eigenvalue weighted by Crippen LogP contribution is -2.20. The second-order valence-corrected chi connectivity index (χ2v) is 2.66. The highest BCUT2D eigenvalue weighted by Crippen LogP contribution is 2.19. The zero-order valence-electron chi connectivity index (χ0n) is 7.48. The highest BCUT2D eigenvalue weighted by Gasteiger charge is 2.21. The van der Waals surface area contributed by atoms with Gasteiger partial charge < -0.3 is 9.84 Å². The van der Waals surface area contributed by atoms with Crippen LogP contribution in [-0.2, 0) is 5.60 Å². The fourth-order valence-electron chi connectivity index (χ4n) is 0.791. The SMILES string of the molecule is C#C[C@@](C)(O)c1cc(OC)ncn1. The highest BCUT2D eigenvalue weighted by atomic mass is 16.5. The molecule has 0 aliphatic heterocycles. The molecule has 1 rings (SSSR count). The predicted molar refractivity (Wildman–Crippen MR) is 47.0 cm³/mol. The lowest BCUT2D eigenvalue weighted by Gasteiger charge is -2.14. The topological polar surface area (TPSA) is 55.2 Å². The first-order chi connectivity index (χ1) is 6.10. The molecule has 0 saturated heterocycles. The molecule has 0 aliphatic carbocycles. The van der Waals surface area contributed by atoms with Gasteiger partial charge in [-0.3, -0.25) is 0 Å². The molecule has 0 radical (unpaired) electrons. The second kappa shape index (κ2) is 3.42. The summed E-state index contributed by atoms with van der Waals surface area (Å²) in [7, 11) is 1.48. The number of aliphatic hydroxyl groups is 1. The van der Waals surface area contributed by atoms with E-state index in [1.165, 1.54) is 26.4 Å². The van der Waals surface area contributed by atoms with Crippen LogP contribution >= 0.6 is 0 Å². The average molecular weight is 178 g/mol. The molecule has 1 heterocycles. The number of ether oxygens (including phenoxy) is 1. The molecule has 0 aliphatic rings. The van der Waals surface area contributed by atoms with Crippen molar-refractivity contribution in [2.24, 2.45) is 0 Å². The quantitative estimate of drug-likeness (QED) is 0.663. The maximum absolute atomic E-state index is 9.63. The molecule has 1 aromatic heterocycles. The number of rotatable bonds is 2. The molecule has 0 amide bonds. The summed E-state index contributed by atoms with van der Waals surface area (Å²) >= 11 is 0. The summed E-state index contributed by atoms with van der Waals surface area (Å²) in [6, 6.07) is 1.50. The molecule has 13 heavy (non-hydrogen) atoms. The lowest BCUT2D eigenvalue weighted by molar-refractivity contribution is 0.117. The van der Waals surface area contributed by atoms with Gasteiger partial charge in [-0.15, -0.1) is 6.42 Å². The van der Waals surface area contributed by atoms with Crippen molar-refractivity contribution in [1.82, 2.24) is 9.97 Å². The first-order valence-corrected chi connectivity index (χ1v) is 3.67. The van der Waals surface area contributed by atoms with E-state index in [1.54, 1.807) is 0 Å². The van der Waals surface area contributed by atoms with Gasteiger partial charge in [0.15, 0.2) is 5.60 Å². The summed E-state index contributed by atoms with van der Waals surface area (Å²) in [4.78, 5) is 7.64. The number of hydrogen-bond donors (Lipinski definition) is 1. The van der Waals surface area contributed by atoms with Gasteiger partial charge in [0.1, 0.15) is 6.33 Å². The molecule has 1 N–H and O–H groups in total. The Labute approximate surface area is 76.6 Å². The van der Waals surface area contributed by atoms with Gasteiger partial charge in [0.25, 0.3) is 0 Å². The summed E-state index contributed by atoms with van der Waals surface area (Å²) in [5.41, 5.74) is -1.03. The number of aromatic nitrogens is 2. The first kappa shape index (κ1) is 9.49. The summed E-state index contributed by atoms with van der Waals surface area (Å²) < 4.78 is 4.86. The average Bonchev–Trinajstić information content (AvgIpc) is 2.18. The predicted octanol–water partition coefficient (Wildman–Crippen LogP) is 0.326. The van der Waals surface area contributed by atoms with Crippen molar-refractivity contribution in [2.45, 2.75) is 12.5 Å². The van der Waals surface area contributed by atoms with Gasteiger partial charge in [-0.2, -0.15) is 0 Å². The van der Waals surface area contributed by atoms with Gasteiger partial charge in [0.05, 0.1) is 12.8 Å². The van der Waals surface area contributed by atoms with Crippen molar-refractivity contribution in [2.75, 3.05) is 7.11 Å². The third-order valence-electron chi connectivity index (χ3n) is 1.63. The third kappa shape index (κ3) is 1.95. The van der Waals surface area contributed by atoms with Crippen LogP contribution in [0.15, 0.2) is 12.4 Å². The van der Waals surface area contributed by atoms with Crippen LogP contribution in [0.1, 0.15) is 12.6 Å². The number of methoxy groups -OCH3 is 1. The zero-order chi connectivity index (χ0) is 9.90. The molecule has 0 spiro atoms.